The van der Waals surface area contributed by atoms with E-state index in [9.17, 15) is 33.9 Å². The first-order chi connectivity index (χ1) is 24.6. The molecule has 7 amide bonds. The molecule has 0 aliphatic carbocycles. The van der Waals surface area contributed by atoms with E-state index in [-0.39, 0.29) is 61.6 Å². The van der Waals surface area contributed by atoms with Gasteiger partial charge in [-0.1, -0.05) is 59.6 Å². The number of carbonyl (C=O) groups excluding carboxylic acids is 6. The molecule has 0 fully saturated rings. The van der Waals surface area contributed by atoms with E-state index in [4.69, 9.17) is 10.5 Å². The maximum atomic E-state index is 13.4. The van der Waals surface area contributed by atoms with Crippen LogP contribution in [0.15, 0.2) is 36.4 Å². The van der Waals surface area contributed by atoms with Crippen LogP contribution in [0.1, 0.15) is 98.0 Å². The number of alkyl carbamates (subject to hydrolysis) is 1. The molecule has 1 unspecified atom stereocenters. The first-order valence-corrected chi connectivity index (χ1v) is 18.2. The number of nitrogens with zero attached hydrogens (tertiary/aromatic N) is 1. The molecule has 15 nitrogen and oxygen atoms in total. The van der Waals surface area contributed by atoms with Crippen LogP contribution in [0.3, 0.4) is 0 Å². The van der Waals surface area contributed by atoms with Crippen molar-refractivity contribution in [3.63, 3.8) is 0 Å². The van der Waals surface area contributed by atoms with Crippen molar-refractivity contribution in [3.8, 4) is 0 Å². The van der Waals surface area contributed by atoms with E-state index in [0.717, 1.165) is 29.7 Å². The number of nitrogens with one attached hydrogen (secondary N) is 5. The van der Waals surface area contributed by atoms with Crippen molar-refractivity contribution in [2.24, 2.45) is 17.1 Å². The fraction of sp³-hybridized carbons (Fsp3) is 0.622. The number of ether oxygens (including phenoxy) is 1. The third-order valence-corrected chi connectivity index (χ3v) is 8.41. The summed E-state index contributed by atoms with van der Waals surface area (Å²) in [6.07, 6.45) is 6.22. The Hall–Kier alpha value is -4.66. The van der Waals surface area contributed by atoms with Crippen LogP contribution in [-0.2, 0) is 30.5 Å². The second-order valence-electron chi connectivity index (χ2n) is 14.6. The lowest BCUT2D eigenvalue weighted by atomic mass is 9.90. The molecule has 0 radical (unpaired) electrons. The number of carbonyl (C=O) groups is 6. The quantitative estimate of drug-likeness (QED) is 0.0498. The number of anilines is 1. The molecule has 52 heavy (non-hydrogen) atoms. The summed E-state index contributed by atoms with van der Waals surface area (Å²) in [5, 5.41) is 25.0. The number of aliphatic hydroxyl groups is 1. The lowest BCUT2D eigenvalue weighted by Gasteiger charge is -2.29. The normalized spacial score (nSPS) is 14.5. The molecule has 0 aromatic heterocycles. The summed E-state index contributed by atoms with van der Waals surface area (Å²) in [5.74, 6) is -1.74. The summed E-state index contributed by atoms with van der Waals surface area (Å²) in [4.78, 5) is 74.0. The minimum atomic E-state index is -1.24. The van der Waals surface area contributed by atoms with Crippen molar-refractivity contribution < 1.29 is 38.6 Å². The lowest BCUT2D eigenvalue weighted by Crippen LogP contribution is -2.55. The number of primary amides is 1. The van der Waals surface area contributed by atoms with Gasteiger partial charge in [0.05, 0.1) is 6.04 Å². The average molecular weight is 730 g/mol. The summed E-state index contributed by atoms with van der Waals surface area (Å²) >= 11 is 0. The molecule has 1 heterocycles. The van der Waals surface area contributed by atoms with Gasteiger partial charge >= 0.3 is 12.1 Å². The Morgan fingerprint density at radius 2 is 1.52 bits per heavy atom. The summed E-state index contributed by atoms with van der Waals surface area (Å²) in [5.41, 5.74) is 6.73. The van der Waals surface area contributed by atoms with Crippen LogP contribution in [-0.4, -0.2) is 83.7 Å². The van der Waals surface area contributed by atoms with Crippen molar-refractivity contribution in [2.45, 2.75) is 117 Å². The molecule has 290 valence electrons. The molecule has 2 rings (SSSR count). The van der Waals surface area contributed by atoms with Crippen molar-refractivity contribution in [1.82, 2.24) is 26.2 Å². The van der Waals surface area contributed by atoms with Crippen LogP contribution in [0, 0.1) is 11.3 Å². The van der Waals surface area contributed by atoms with Crippen LogP contribution >= 0.6 is 0 Å². The van der Waals surface area contributed by atoms with Gasteiger partial charge in [0.1, 0.15) is 18.9 Å². The summed E-state index contributed by atoms with van der Waals surface area (Å²) in [6.45, 7) is 11.3. The highest BCUT2D eigenvalue weighted by Crippen LogP contribution is 2.21. The van der Waals surface area contributed by atoms with Crippen LogP contribution < -0.4 is 32.3 Å². The molecule has 0 bridgehead atoms. The summed E-state index contributed by atoms with van der Waals surface area (Å²) in [6, 6.07) is 4.57. The fourth-order valence-electron chi connectivity index (χ4n) is 5.42. The predicted molar refractivity (Wildman–Crippen MR) is 197 cm³/mol. The minimum Gasteiger partial charge on any atom is -0.445 e. The van der Waals surface area contributed by atoms with E-state index >= 15 is 0 Å². The Balaban J connectivity index is 1.89. The van der Waals surface area contributed by atoms with Gasteiger partial charge in [0, 0.05) is 43.9 Å². The van der Waals surface area contributed by atoms with E-state index in [0.29, 0.717) is 37.9 Å². The number of benzene rings is 1. The number of imide groups is 1. The molecule has 1 aliphatic heterocycles. The molecule has 8 N–H and O–H groups in total. The number of hydrogen-bond acceptors (Lipinski definition) is 9. The van der Waals surface area contributed by atoms with Gasteiger partial charge < -0.3 is 42.2 Å². The molecule has 1 aromatic rings. The van der Waals surface area contributed by atoms with Gasteiger partial charge in [-0.2, -0.15) is 0 Å². The molecular formula is C37H59N7O8. The maximum absolute atomic E-state index is 13.4. The molecule has 1 aromatic carbocycles. The topological polar surface area (TPSA) is 221 Å². The van der Waals surface area contributed by atoms with Crippen molar-refractivity contribution in [2.75, 3.05) is 25.0 Å². The van der Waals surface area contributed by atoms with Gasteiger partial charge in [-0.05, 0) is 67.6 Å². The SMILES string of the molecule is CC(C)[C@H](NC(=O)CCCCCN1C(=O)C=CC1=O)C(=O)N[C@@H](CCCNC(N)=O)C(O)Nc1ccc(COC(=O)NCCCCC(C)(C)C)cc1. The average Bonchev–Trinajstić information content (AvgIpc) is 3.39. The Labute approximate surface area is 307 Å². The van der Waals surface area contributed by atoms with Gasteiger partial charge in [0.2, 0.25) is 11.8 Å². The summed E-state index contributed by atoms with van der Waals surface area (Å²) in [7, 11) is 0. The Morgan fingerprint density at radius 1 is 0.865 bits per heavy atom. The first-order valence-electron chi connectivity index (χ1n) is 18.2. The number of rotatable bonds is 23. The second-order valence-corrected chi connectivity index (χ2v) is 14.6. The van der Waals surface area contributed by atoms with Crippen LogP contribution in [0.4, 0.5) is 15.3 Å². The van der Waals surface area contributed by atoms with Crippen LogP contribution in [0.5, 0.6) is 0 Å². The number of unbranched alkanes of at least 4 members (excludes halogenated alkanes) is 3. The monoisotopic (exact) mass is 729 g/mol. The largest absolute Gasteiger partial charge is 0.445 e. The number of amides is 7. The molecule has 15 heteroatoms. The van der Waals surface area contributed by atoms with Crippen LogP contribution in [0.2, 0.25) is 0 Å². The van der Waals surface area contributed by atoms with E-state index in [1.807, 2.05) is 0 Å². The molecule has 1 aliphatic rings. The molecule has 0 saturated carbocycles. The number of nitrogens with two attached hydrogens (primary N) is 1. The minimum absolute atomic E-state index is 0.0723. The number of urea groups is 1. The Kier molecular flexibility index (Phi) is 18.7. The smallest absolute Gasteiger partial charge is 0.407 e. The number of aliphatic hydroxyl groups excluding tert-OH is 1. The standard InChI is InChI=1S/C37H59N7O8/c1-25(2)32(43-29(45)13-7-6-10-23-44-30(46)18-19-31(44)47)34(49)42-28(12-11-22-39-35(38)50)33(48)41-27-16-14-26(15-17-27)24-52-36(51)40-21-9-8-20-37(3,4)5/h14-19,25,28,32-33,41,48H,6-13,20-24H2,1-5H3,(H,40,51)(H,42,49)(H,43,45)(H3,38,39,50)/t28-,32-,33?/m0/s1. The van der Waals surface area contributed by atoms with E-state index in [1.54, 1.807) is 38.1 Å². The highest BCUT2D eigenvalue weighted by atomic mass is 16.5. The van der Waals surface area contributed by atoms with E-state index in [1.165, 1.54) is 12.2 Å². The Morgan fingerprint density at radius 3 is 2.13 bits per heavy atom. The fourth-order valence-corrected chi connectivity index (χ4v) is 5.42. The zero-order valence-corrected chi connectivity index (χ0v) is 31.3. The Bertz CT molecular complexity index is 1340. The van der Waals surface area contributed by atoms with Gasteiger partial charge in [-0.15, -0.1) is 0 Å². The van der Waals surface area contributed by atoms with E-state index in [2.05, 4.69) is 47.4 Å². The van der Waals surface area contributed by atoms with Gasteiger partial charge in [0.15, 0.2) is 0 Å². The first kappa shape index (κ1) is 43.5. The molecule has 3 atom stereocenters. The van der Waals surface area contributed by atoms with Crippen molar-refractivity contribution in [1.29, 1.82) is 0 Å². The zero-order chi connectivity index (χ0) is 38.7. The van der Waals surface area contributed by atoms with Gasteiger partial charge in [-0.3, -0.25) is 24.1 Å². The third kappa shape index (κ3) is 17.5. The van der Waals surface area contributed by atoms with Crippen molar-refractivity contribution >= 4 is 41.4 Å². The maximum Gasteiger partial charge on any atom is 0.407 e. The number of hydrogen-bond donors (Lipinski definition) is 7. The highest BCUT2D eigenvalue weighted by molar-refractivity contribution is 6.12. The molecule has 0 saturated heterocycles. The van der Waals surface area contributed by atoms with Crippen molar-refractivity contribution in [3.05, 3.63) is 42.0 Å². The summed E-state index contributed by atoms with van der Waals surface area (Å²) < 4.78 is 5.32. The highest BCUT2D eigenvalue weighted by Gasteiger charge is 2.29. The van der Waals surface area contributed by atoms with E-state index < -0.39 is 36.3 Å². The lowest BCUT2D eigenvalue weighted by molar-refractivity contribution is -0.137. The van der Waals surface area contributed by atoms with Crippen LogP contribution in [0.25, 0.3) is 0 Å². The van der Waals surface area contributed by atoms with Gasteiger partial charge in [-0.25, -0.2) is 9.59 Å². The zero-order valence-electron chi connectivity index (χ0n) is 31.3. The van der Waals surface area contributed by atoms with Gasteiger partial charge in [0.25, 0.3) is 11.8 Å². The molecule has 0 spiro atoms. The second kappa shape index (κ2) is 22.3. The predicted octanol–water partition coefficient (Wildman–Crippen LogP) is 3.42. The third-order valence-electron chi connectivity index (χ3n) is 8.41. The molecular weight excluding hydrogens is 670 g/mol.